The van der Waals surface area contributed by atoms with Crippen LogP contribution in [0.1, 0.15) is 89.2 Å². The monoisotopic (exact) mass is 438 g/mol. The zero-order valence-corrected chi connectivity index (χ0v) is 20.1. The molecule has 5 heteroatoms. The molecule has 1 aromatic rings. The Bertz CT molecular complexity index is 909. The Morgan fingerprint density at radius 3 is 2.34 bits per heavy atom. The van der Waals surface area contributed by atoms with Gasteiger partial charge in [0.25, 0.3) is 0 Å². The molecule has 5 rings (SSSR count). The lowest BCUT2D eigenvalue weighted by Gasteiger charge is -2.54. The van der Waals surface area contributed by atoms with E-state index in [1.165, 1.54) is 24.0 Å². The fraction of sp³-hybridized carbons (Fsp3) is 0.704. The van der Waals surface area contributed by atoms with E-state index in [0.29, 0.717) is 23.7 Å². The lowest BCUT2D eigenvalue weighted by atomic mass is 9.55. The Labute approximate surface area is 192 Å². The summed E-state index contributed by atoms with van der Waals surface area (Å²) in [5.41, 5.74) is 3.20. The third-order valence-corrected chi connectivity index (χ3v) is 8.89. The third-order valence-electron chi connectivity index (χ3n) is 8.89. The molecule has 2 heterocycles. The van der Waals surface area contributed by atoms with Crippen molar-refractivity contribution in [3.63, 3.8) is 0 Å². The number of rotatable bonds is 3. The summed E-state index contributed by atoms with van der Waals surface area (Å²) in [6, 6.07) is 6.70. The second-order valence-corrected chi connectivity index (χ2v) is 12.1. The lowest BCUT2D eigenvalue weighted by molar-refractivity contribution is -0.145. The van der Waals surface area contributed by atoms with Gasteiger partial charge in [0.15, 0.2) is 0 Å². The van der Waals surface area contributed by atoms with E-state index in [1.807, 2.05) is 0 Å². The first-order valence-corrected chi connectivity index (χ1v) is 12.4. The van der Waals surface area contributed by atoms with Gasteiger partial charge in [0.05, 0.1) is 7.11 Å². The van der Waals surface area contributed by atoms with Gasteiger partial charge in [0.2, 0.25) is 11.8 Å². The van der Waals surface area contributed by atoms with Crippen molar-refractivity contribution in [3.05, 3.63) is 29.3 Å². The van der Waals surface area contributed by atoms with Crippen molar-refractivity contribution in [2.75, 3.05) is 20.2 Å². The number of ether oxygens (including phenoxy) is 1. The van der Waals surface area contributed by atoms with E-state index in [2.05, 4.69) is 49.2 Å². The molecule has 32 heavy (non-hydrogen) atoms. The summed E-state index contributed by atoms with van der Waals surface area (Å²) < 4.78 is 5.71. The summed E-state index contributed by atoms with van der Waals surface area (Å²) in [4.78, 5) is 26.7. The molecule has 2 aliphatic heterocycles. The van der Waals surface area contributed by atoms with E-state index >= 15 is 0 Å². The Kier molecular flexibility index (Phi) is 5.10. The predicted molar refractivity (Wildman–Crippen MR) is 125 cm³/mol. The van der Waals surface area contributed by atoms with Gasteiger partial charge in [-0.2, -0.15) is 0 Å². The first-order valence-electron chi connectivity index (χ1n) is 12.4. The maximum Gasteiger partial charge on any atom is 0.225 e. The Morgan fingerprint density at radius 2 is 1.78 bits per heavy atom. The van der Waals surface area contributed by atoms with Crippen LogP contribution in [0.4, 0.5) is 0 Å². The molecular weight excluding hydrogens is 400 g/mol. The van der Waals surface area contributed by atoms with Crippen molar-refractivity contribution in [3.8, 4) is 5.75 Å². The fourth-order valence-corrected chi connectivity index (χ4v) is 6.73. The van der Waals surface area contributed by atoms with Crippen LogP contribution in [0.25, 0.3) is 0 Å². The van der Waals surface area contributed by atoms with E-state index in [0.717, 1.165) is 50.9 Å². The number of piperidine rings is 1. The molecule has 0 atom stereocenters. The number of benzene rings is 1. The molecular formula is C27H38N2O3. The van der Waals surface area contributed by atoms with Crippen LogP contribution < -0.4 is 10.1 Å². The summed E-state index contributed by atoms with van der Waals surface area (Å²) >= 11 is 0. The minimum absolute atomic E-state index is 0.0593. The highest BCUT2D eigenvalue weighted by atomic mass is 16.5. The van der Waals surface area contributed by atoms with Gasteiger partial charge in [-0.05, 0) is 78.9 Å². The SMILES string of the molecule is COc1ccc(C(C)(C)C)cc1C1CC2(CCN(C(=O)C3CC4(CCC(=O)N4)C3)CC2)C1. The van der Waals surface area contributed by atoms with Gasteiger partial charge in [-0.15, -0.1) is 0 Å². The quantitative estimate of drug-likeness (QED) is 0.754. The summed E-state index contributed by atoms with van der Waals surface area (Å²) in [6.45, 7) is 8.57. The molecule has 0 aromatic heterocycles. The fourth-order valence-electron chi connectivity index (χ4n) is 6.73. The van der Waals surface area contributed by atoms with Crippen molar-refractivity contribution in [1.82, 2.24) is 10.2 Å². The number of likely N-dealkylation sites (tertiary alicyclic amines) is 1. The van der Waals surface area contributed by atoms with Gasteiger partial charge in [-0.1, -0.05) is 32.9 Å². The molecule has 0 bridgehead atoms. The molecule has 0 radical (unpaired) electrons. The van der Waals surface area contributed by atoms with E-state index in [4.69, 9.17) is 4.74 Å². The Hall–Kier alpha value is -2.04. The van der Waals surface area contributed by atoms with Gasteiger partial charge < -0.3 is 15.0 Å². The molecule has 2 spiro atoms. The molecule has 5 nitrogen and oxygen atoms in total. The molecule has 1 N–H and O–H groups in total. The second-order valence-electron chi connectivity index (χ2n) is 12.1. The second kappa shape index (κ2) is 7.50. The van der Waals surface area contributed by atoms with Crippen LogP contribution in [0.3, 0.4) is 0 Å². The van der Waals surface area contributed by atoms with Crippen LogP contribution >= 0.6 is 0 Å². The van der Waals surface area contributed by atoms with Crippen molar-refractivity contribution < 1.29 is 14.3 Å². The average Bonchev–Trinajstić information content (AvgIpc) is 3.11. The topological polar surface area (TPSA) is 58.6 Å². The zero-order chi connectivity index (χ0) is 22.7. The minimum Gasteiger partial charge on any atom is -0.496 e. The van der Waals surface area contributed by atoms with Crippen molar-refractivity contribution in [2.45, 2.75) is 89.0 Å². The van der Waals surface area contributed by atoms with E-state index in [-0.39, 0.29) is 22.8 Å². The molecule has 4 fully saturated rings. The number of carbonyl (C=O) groups excluding carboxylic acids is 2. The maximum absolute atomic E-state index is 13.0. The first kappa shape index (κ1) is 21.8. The molecule has 2 aliphatic carbocycles. The van der Waals surface area contributed by atoms with Gasteiger partial charge in [0.1, 0.15) is 5.75 Å². The number of hydrogen-bond acceptors (Lipinski definition) is 3. The van der Waals surface area contributed by atoms with Gasteiger partial charge >= 0.3 is 0 Å². The van der Waals surface area contributed by atoms with Crippen LogP contribution in [-0.4, -0.2) is 42.5 Å². The Balaban J connectivity index is 1.16. The van der Waals surface area contributed by atoms with Crippen molar-refractivity contribution in [1.29, 1.82) is 0 Å². The molecule has 4 aliphatic rings. The molecule has 2 saturated carbocycles. The van der Waals surface area contributed by atoms with E-state index in [1.54, 1.807) is 7.11 Å². The maximum atomic E-state index is 13.0. The standard InChI is InChI=1S/C27H38N2O3/c1-25(2,3)20-5-6-22(32-4)21(13-20)18-14-26(15-18)9-11-29(12-10-26)24(31)19-16-27(17-19)8-7-23(30)28-27/h5-6,13,18-19H,7-12,14-17H2,1-4H3,(H,28,30). The van der Waals surface area contributed by atoms with E-state index < -0.39 is 0 Å². The molecule has 2 amide bonds. The third kappa shape index (κ3) is 3.72. The number of methoxy groups -OCH3 is 1. The van der Waals surface area contributed by atoms with Crippen LogP contribution in [-0.2, 0) is 15.0 Å². The van der Waals surface area contributed by atoms with Crippen LogP contribution in [0, 0.1) is 11.3 Å². The van der Waals surface area contributed by atoms with Crippen LogP contribution in [0.5, 0.6) is 5.75 Å². The highest BCUT2D eigenvalue weighted by Gasteiger charge is 2.53. The first-order chi connectivity index (χ1) is 15.1. The summed E-state index contributed by atoms with van der Waals surface area (Å²) in [6.07, 6.45) is 7.85. The number of amides is 2. The molecule has 2 saturated heterocycles. The zero-order valence-electron chi connectivity index (χ0n) is 20.1. The number of nitrogens with zero attached hydrogens (tertiary/aromatic N) is 1. The number of hydrogen-bond donors (Lipinski definition) is 1. The van der Waals surface area contributed by atoms with Crippen molar-refractivity contribution >= 4 is 11.8 Å². The minimum atomic E-state index is -0.0593. The summed E-state index contributed by atoms with van der Waals surface area (Å²) in [5, 5.41) is 3.11. The molecule has 0 unspecified atom stereocenters. The Morgan fingerprint density at radius 1 is 1.09 bits per heavy atom. The number of nitrogens with one attached hydrogen (secondary N) is 1. The van der Waals surface area contributed by atoms with Gasteiger partial charge in [-0.25, -0.2) is 0 Å². The smallest absolute Gasteiger partial charge is 0.225 e. The highest BCUT2D eigenvalue weighted by Crippen LogP contribution is 2.58. The van der Waals surface area contributed by atoms with E-state index in [9.17, 15) is 9.59 Å². The lowest BCUT2D eigenvalue weighted by Crippen LogP contribution is -2.58. The van der Waals surface area contributed by atoms with Gasteiger partial charge in [-0.3, -0.25) is 9.59 Å². The molecule has 174 valence electrons. The van der Waals surface area contributed by atoms with Gasteiger partial charge in [0, 0.05) is 31.0 Å². The largest absolute Gasteiger partial charge is 0.496 e. The van der Waals surface area contributed by atoms with Crippen LogP contribution in [0.15, 0.2) is 18.2 Å². The average molecular weight is 439 g/mol. The summed E-state index contributed by atoms with van der Waals surface area (Å²) in [5.74, 6) is 2.17. The summed E-state index contributed by atoms with van der Waals surface area (Å²) in [7, 11) is 1.77. The van der Waals surface area contributed by atoms with Crippen LogP contribution in [0.2, 0.25) is 0 Å². The molecule has 1 aromatic carbocycles. The predicted octanol–water partition coefficient (Wildman–Crippen LogP) is 4.54. The number of carbonyl (C=O) groups is 2. The highest BCUT2D eigenvalue weighted by molar-refractivity contribution is 5.83. The van der Waals surface area contributed by atoms with Crippen molar-refractivity contribution in [2.24, 2.45) is 11.3 Å². The normalized spacial score (nSPS) is 26.6.